The third-order valence-electron chi connectivity index (χ3n) is 3.34. The van der Waals surface area contributed by atoms with E-state index in [1.165, 1.54) is 12.0 Å². The summed E-state index contributed by atoms with van der Waals surface area (Å²) in [7, 11) is 3.12. The summed E-state index contributed by atoms with van der Waals surface area (Å²) in [5.74, 6) is -0.451. The van der Waals surface area contributed by atoms with Crippen molar-refractivity contribution in [3.63, 3.8) is 0 Å². The monoisotopic (exact) mass is 277 g/mol. The number of hydrogen-bond acceptors (Lipinski definition) is 4. The largest absolute Gasteiger partial charge is 0.495 e. The van der Waals surface area contributed by atoms with Crippen LogP contribution in [0, 0.1) is 0 Å². The minimum atomic E-state index is -0.545. The summed E-state index contributed by atoms with van der Waals surface area (Å²) >= 11 is 0. The van der Waals surface area contributed by atoms with Gasteiger partial charge in [0.25, 0.3) is 0 Å². The summed E-state index contributed by atoms with van der Waals surface area (Å²) in [6.07, 6.45) is 0. The minimum absolute atomic E-state index is 0.472. The van der Waals surface area contributed by atoms with Crippen LogP contribution in [0.2, 0.25) is 0 Å². The van der Waals surface area contributed by atoms with E-state index in [0.717, 1.165) is 13.1 Å². The Labute approximate surface area is 118 Å². The maximum absolute atomic E-state index is 12.3. The molecule has 20 heavy (non-hydrogen) atoms. The molecule has 0 radical (unpaired) electrons. The van der Waals surface area contributed by atoms with Crippen molar-refractivity contribution in [3.8, 4) is 5.75 Å². The lowest BCUT2D eigenvalue weighted by atomic mass is 10.2. The number of likely N-dealkylation sites (N-methyl/N-ethyl adjacent to an activating group) is 1. The lowest BCUT2D eigenvalue weighted by Gasteiger charge is -2.28. The number of amides is 2. The number of piperazine rings is 1. The first-order valence-corrected chi connectivity index (χ1v) is 6.56. The van der Waals surface area contributed by atoms with Crippen LogP contribution in [0.5, 0.6) is 5.75 Å². The molecule has 0 bridgehead atoms. The SMILES string of the molecule is COc1ccccc1N(C)C(=O)C(=O)N1CCNCC1. The van der Waals surface area contributed by atoms with Crippen LogP contribution >= 0.6 is 0 Å². The molecule has 0 unspecified atom stereocenters. The standard InChI is InChI=1S/C14H19N3O3/c1-16(11-5-3-4-6-12(11)20-2)13(18)14(19)17-9-7-15-8-10-17/h3-6,15H,7-10H2,1-2H3. The molecule has 1 saturated heterocycles. The second-order valence-corrected chi connectivity index (χ2v) is 4.58. The van der Waals surface area contributed by atoms with Gasteiger partial charge in [-0.2, -0.15) is 0 Å². The van der Waals surface area contributed by atoms with Crippen LogP contribution in [0.1, 0.15) is 0 Å². The molecule has 1 heterocycles. The number of ether oxygens (including phenoxy) is 1. The number of methoxy groups -OCH3 is 1. The predicted molar refractivity (Wildman–Crippen MR) is 75.9 cm³/mol. The molecule has 1 N–H and O–H groups in total. The molecule has 1 aliphatic heterocycles. The number of anilines is 1. The fraction of sp³-hybridized carbons (Fsp3) is 0.429. The van der Waals surface area contributed by atoms with Gasteiger partial charge in [0.05, 0.1) is 12.8 Å². The molecular weight excluding hydrogens is 258 g/mol. The molecule has 2 rings (SSSR count). The van der Waals surface area contributed by atoms with Gasteiger partial charge in [-0.15, -0.1) is 0 Å². The van der Waals surface area contributed by atoms with E-state index in [2.05, 4.69) is 5.32 Å². The van der Waals surface area contributed by atoms with E-state index in [1.807, 2.05) is 6.07 Å². The highest BCUT2D eigenvalue weighted by Crippen LogP contribution is 2.26. The summed E-state index contributed by atoms with van der Waals surface area (Å²) in [6, 6.07) is 7.13. The zero-order valence-electron chi connectivity index (χ0n) is 11.8. The average Bonchev–Trinajstić information content (AvgIpc) is 2.53. The highest BCUT2D eigenvalue weighted by Gasteiger charge is 2.27. The van der Waals surface area contributed by atoms with Crippen molar-refractivity contribution >= 4 is 17.5 Å². The van der Waals surface area contributed by atoms with Gasteiger partial charge in [0.2, 0.25) is 0 Å². The Morgan fingerprint density at radius 3 is 2.55 bits per heavy atom. The molecule has 1 aromatic carbocycles. The van der Waals surface area contributed by atoms with Gasteiger partial charge in [-0.05, 0) is 12.1 Å². The second kappa shape index (κ2) is 6.38. The lowest BCUT2D eigenvalue weighted by molar-refractivity contribution is -0.144. The van der Waals surface area contributed by atoms with Gasteiger partial charge in [-0.25, -0.2) is 0 Å². The molecule has 6 nitrogen and oxygen atoms in total. The van der Waals surface area contributed by atoms with Crippen molar-refractivity contribution in [2.24, 2.45) is 0 Å². The van der Waals surface area contributed by atoms with Gasteiger partial charge in [-0.1, -0.05) is 12.1 Å². The average molecular weight is 277 g/mol. The Balaban J connectivity index is 2.13. The van der Waals surface area contributed by atoms with Gasteiger partial charge in [-0.3, -0.25) is 9.59 Å². The molecule has 1 aromatic rings. The highest BCUT2D eigenvalue weighted by atomic mass is 16.5. The van der Waals surface area contributed by atoms with E-state index >= 15 is 0 Å². The van der Waals surface area contributed by atoms with Crippen LogP contribution in [0.25, 0.3) is 0 Å². The number of hydrogen-bond donors (Lipinski definition) is 1. The third kappa shape index (κ3) is 2.91. The van der Waals surface area contributed by atoms with E-state index in [4.69, 9.17) is 4.74 Å². The van der Waals surface area contributed by atoms with E-state index in [-0.39, 0.29) is 0 Å². The first-order valence-electron chi connectivity index (χ1n) is 6.56. The Kier molecular flexibility index (Phi) is 4.57. The lowest BCUT2D eigenvalue weighted by Crippen LogP contribution is -2.51. The third-order valence-corrected chi connectivity index (χ3v) is 3.34. The Hall–Kier alpha value is -2.08. The van der Waals surface area contributed by atoms with Crippen LogP contribution in [0.3, 0.4) is 0 Å². The Morgan fingerprint density at radius 1 is 1.25 bits per heavy atom. The number of carbonyl (C=O) groups excluding carboxylic acids is 2. The van der Waals surface area contributed by atoms with Crippen molar-refractivity contribution < 1.29 is 14.3 Å². The van der Waals surface area contributed by atoms with Crippen molar-refractivity contribution in [1.82, 2.24) is 10.2 Å². The molecule has 1 aliphatic rings. The van der Waals surface area contributed by atoms with Crippen LogP contribution in [0.4, 0.5) is 5.69 Å². The van der Waals surface area contributed by atoms with Gasteiger partial charge >= 0.3 is 11.8 Å². The molecule has 0 aliphatic carbocycles. The molecule has 1 fully saturated rings. The zero-order chi connectivity index (χ0) is 14.5. The van der Waals surface area contributed by atoms with E-state index in [1.54, 1.807) is 30.1 Å². The van der Waals surface area contributed by atoms with Crippen molar-refractivity contribution in [2.45, 2.75) is 0 Å². The maximum atomic E-state index is 12.3. The molecule has 2 amide bonds. The number of benzene rings is 1. The smallest absolute Gasteiger partial charge is 0.316 e. The molecular formula is C14H19N3O3. The van der Waals surface area contributed by atoms with E-state index in [9.17, 15) is 9.59 Å². The maximum Gasteiger partial charge on any atom is 0.316 e. The number of nitrogens with zero attached hydrogens (tertiary/aromatic N) is 2. The van der Waals surface area contributed by atoms with Gasteiger partial charge in [0, 0.05) is 33.2 Å². The molecule has 0 aromatic heterocycles. The predicted octanol–water partition coefficient (Wildman–Crippen LogP) is 0.0898. The number of nitrogens with one attached hydrogen (secondary N) is 1. The first kappa shape index (κ1) is 14.3. The van der Waals surface area contributed by atoms with Crippen molar-refractivity contribution in [1.29, 1.82) is 0 Å². The molecule has 6 heteroatoms. The molecule has 108 valence electrons. The Bertz CT molecular complexity index is 498. The number of rotatable bonds is 2. The second-order valence-electron chi connectivity index (χ2n) is 4.58. The van der Waals surface area contributed by atoms with Gasteiger partial charge in [0.15, 0.2) is 0 Å². The zero-order valence-corrected chi connectivity index (χ0v) is 11.8. The van der Waals surface area contributed by atoms with Crippen LogP contribution in [0.15, 0.2) is 24.3 Å². The fourth-order valence-electron chi connectivity index (χ4n) is 2.16. The molecule has 0 atom stereocenters. The van der Waals surface area contributed by atoms with E-state index < -0.39 is 11.8 Å². The topological polar surface area (TPSA) is 61.9 Å². The summed E-state index contributed by atoms with van der Waals surface area (Å²) in [5, 5.41) is 3.15. The summed E-state index contributed by atoms with van der Waals surface area (Å²) in [5.41, 5.74) is 0.587. The fourth-order valence-corrected chi connectivity index (χ4v) is 2.16. The summed E-state index contributed by atoms with van der Waals surface area (Å²) < 4.78 is 5.21. The van der Waals surface area contributed by atoms with Crippen LogP contribution in [-0.4, -0.2) is 57.1 Å². The number of para-hydroxylation sites is 2. The Morgan fingerprint density at radius 2 is 1.90 bits per heavy atom. The van der Waals surface area contributed by atoms with E-state index in [0.29, 0.717) is 24.5 Å². The normalized spacial score (nSPS) is 14.8. The highest BCUT2D eigenvalue weighted by molar-refractivity contribution is 6.40. The van der Waals surface area contributed by atoms with Crippen molar-refractivity contribution in [3.05, 3.63) is 24.3 Å². The molecule has 0 spiro atoms. The number of carbonyl (C=O) groups is 2. The first-order chi connectivity index (χ1) is 9.65. The van der Waals surface area contributed by atoms with Gasteiger partial charge in [0.1, 0.15) is 5.75 Å². The minimum Gasteiger partial charge on any atom is -0.495 e. The van der Waals surface area contributed by atoms with Crippen LogP contribution < -0.4 is 15.0 Å². The van der Waals surface area contributed by atoms with Crippen LogP contribution in [-0.2, 0) is 9.59 Å². The molecule has 0 saturated carbocycles. The van der Waals surface area contributed by atoms with Crippen molar-refractivity contribution in [2.75, 3.05) is 45.2 Å². The quantitative estimate of drug-likeness (QED) is 0.778. The summed E-state index contributed by atoms with van der Waals surface area (Å²) in [4.78, 5) is 27.4. The van der Waals surface area contributed by atoms with Gasteiger partial charge < -0.3 is 19.9 Å². The summed E-state index contributed by atoms with van der Waals surface area (Å²) in [6.45, 7) is 2.56.